The SMILES string of the molecule is CC1Cc2scc[n+]2-c2ccccc2N1C(=O)Nc1ccccc1. The lowest BCUT2D eigenvalue weighted by molar-refractivity contribution is -0.597. The Hall–Kier alpha value is -2.66. The maximum atomic E-state index is 13.0. The zero-order chi connectivity index (χ0) is 16.5. The number of anilines is 2. The molecule has 1 unspecified atom stereocenters. The van der Waals surface area contributed by atoms with E-state index < -0.39 is 0 Å². The third-order valence-corrected chi connectivity index (χ3v) is 5.13. The summed E-state index contributed by atoms with van der Waals surface area (Å²) in [6.07, 6.45) is 2.90. The molecule has 5 heteroatoms. The number of hydrogen-bond acceptors (Lipinski definition) is 2. The van der Waals surface area contributed by atoms with Gasteiger partial charge in [-0.1, -0.05) is 41.7 Å². The van der Waals surface area contributed by atoms with Crippen LogP contribution >= 0.6 is 11.3 Å². The molecular weight excluding hydrogens is 318 g/mol. The van der Waals surface area contributed by atoms with E-state index in [1.807, 2.05) is 53.4 Å². The van der Waals surface area contributed by atoms with Gasteiger partial charge in [0.05, 0.1) is 11.8 Å². The van der Waals surface area contributed by atoms with Crippen LogP contribution in [0.1, 0.15) is 11.9 Å². The van der Waals surface area contributed by atoms with E-state index in [1.165, 1.54) is 5.01 Å². The number of para-hydroxylation sites is 3. The first kappa shape index (κ1) is 14.9. The quantitative estimate of drug-likeness (QED) is 0.670. The van der Waals surface area contributed by atoms with Gasteiger partial charge in [0.1, 0.15) is 5.69 Å². The van der Waals surface area contributed by atoms with E-state index in [9.17, 15) is 4.79 Å². The Labute approximate surface area is 145 Å². The number of hydrogen-bond donors (Lipinski definition) is 1. The highest BCUT2D eigenvalue weighted by Gasteiger charge is 2.34. The standard InChI is InChI=1S/C19H17N3OS/c1-14-13-18-21(11-12-24-18)16-9-5-6-10-17(16)22(14)19(23)20-15-7-3-2-4-8-15/h2-12,14H,13H2,1H3/p+1. The molecule has 0 radical (unpaired) electrons. The van der Waals surface area contributed by atoms with Crippen LogP contribution in [0.5, 0.6) is 0 Å². The average molecular weight is 336 g/mol. The lowest BCUT2D eigenvalue weighted by Gasteiger charge is -2.26. The molecule has 2 amide bonds. The molecule has 0 bridgehead atoms. The number of thiazole rings is 1. The molecule has 2 aromatic carbocycles. The minimum absolute atomic E-state index is 0.0715. The minimum Gasteiger partial charge on any atom is -0.308 e. The topological polar surface area (TPSA) is 36.2 Å². The second-order valence-electron chi connectivity index (χ2n) is 5.87. The first-order chi connectivity index (χ1) is 11.7. The predicted octanol–water partition coefficient (Wildman–Crippen LogP) is 4.01. The van der Waals surface area contributed by atoms with Gasteiger partial charge in [-0.2, -0.15) is 4.57 Å². The van der Waals surface area contributed by atoms with Crippen LogP contribution in [0.3, 0.4) is 0 Å². The summed E-state index contributed by atoms with van der Waals surface area (Å²) < 4.78 is 2.19. The van der Waals surface area contributed by atoms with Crippen molar-refractivity contribution in [2.45, 2.75) is 19.4 Å². The van der Waals surface area contributed by atoms with Crippen molar-refractivity contribution in [1.82, 2.24) is 0 Å². The van der Waals surface area contributed by atoms with Crippen LogP contribution < -0.4 is 14.8 Å². The molecular formula is C19H18N3OS+. The van der Waals surface area contributed by atoms with E-state index >= 15 is 0 Å². The monoisotopic (exact) mass is 336 g/mol. The molecule has 3 aromatic rings. The number of carbonyl (C=O) groups excluding carboxylic acids is 1. The Kier molecular flexibility index (Phi) is 3.78. The number of amides is 2. The molecule has 0 saturated carbocycles. The summed E-state index contributed by atoms with van der Waals surface area (Å²) in [6, 6.07) is 17.6. The van der Waals surface area contributed by atoms with Gasteiger partial charge in [-0.25, -0.2) is 4.79 Å². The Balaban J connectivity index is 1.75. The van der Waals surface area contributed by atoms with Crippen molar-refractivity contribution in [3.63, 3.8) is 0 Å². The Morgan fingerprint density at radius 3 is 2.75 bits per heavy atom. The van der Waals surface area contributed by atoms with E-state index in [0.29, 0.717) is 0 Å². The van der Waals surface area contributed by atoms with Gasteiger partial charge < -0.3 is 5.32 Å². The third-order valence-electron chi connectivity index (χ3n) is 4.24. The summed E-state index contributed by atoms with van der Waals surface area (Å²) >= 11 is 1.73. The van der Waals surface area contributed by atoms with Gasteiger partial charge >= 0.3 is 6.03 Å². The number of aromatic nitrogens is 1. The van der Waals surface area contributed by atoms with Gasteiger partial charge in [-0.15, -0.1) is 0 Å². The van der Waals surface area contributed by atoms with Gasteiger partial charge in [0.25, 0.3) is 0 Å². The highest BCUT2D eigenvalue weighted by atomic mass is 32.1. The minimum atomic E-state index is -0.100. The summed E-state index contributed by atoms with van der Waals surface area (Å²) in [6.45, 7) is 2.09. The van der Waals surface area contributed by atoms with Gasteiger partial charge in [-0.3, -0.25) is 4.90 Å². The normalized spacial score (nSPS) is 16.0. The summed E-state index contributed by atoms with van der Waals surface area (Å²) in [4.78, 5) is 14.8. The molecule has 2 heterocycles. The van der Waals surface area contributed by atoms with Gasteiger partial charge in [0.2, 0.25) is 10.7 Å². The number of carbonyl (C=O) groups is 1. The van der Waals surface area contributed by atoms with Crippen molar-refractivity contribution in [2.24, 2.45) is 0 Å². The number of fused-ring (bicyclic) bond motifs is 3. The molecule has 1 N–H and O–H groups in total. The second-order valence-corrected chi connectivity index (χ2v) is 6.85. The van der Waals surface area contributed by atoms with Crippen molar-refractivity contribution >= 4 is 28.7 Å². The smallest absolute Gasteiger partial charge is 0.308 e. The first-order valence-electron chi connectivity index (χ1n) is 7.97. The molecule has 1 atom stereocenters. The Morgan fingerprint density at radius 1 is 1.17 bits per heavy atom. The van der Waals surface area contributed by atoms with Crippen molar-refractivity contribution in [3.8, 4) is 5.69 Å². The van der Waals surface area contributed by atoms with E-state index in [0.717, 1.165) is 23.5 Å². The third kappa shape index (κ3) is 2.57. The molecule has 4 nitrogen and oxygen atoms in total. The summed E-state index contributed by atoms with van der Waals surface area (Å²) in [5.74, 6) is 0. The fourth-order valence-electron chi connectivity index (χ4n) is 3.14. The van der Waals surface area contributed by atoms with Crippen molar-refractivity contribution in [1.29, 1.82) is 0 Å². The van der Waals surface area contributed by atoms with Crippen LogP contribution in [-0.2, 0) is 6.42 Å². The lowest BCUT2D eigenvalue weighted by atomic mass is 10.2. The lowest BCUT2D eigenvalue weighted by Crippen LogP contribution is -2.42. The van der Waals surface area contributed by atoms with Crippen LogP contribution in [0.2, 0.25) is 0 Å². The van der Waals surface area contributed by atoms with Crippen LogP contribution in [0.15, 0.2) is 66.2 Å². The number of benzene rings is 2. The molecule has 1 aromatic heterocycles. The van der Waals surface area contributed by atoms with E-state index in [4.69, 9.17) is 0 Å². The maximum absolute atomic E-state index is 13.0. The van der Waals surface area contributed by atoms with E-state index in [-0.39, 0.29) is 12.1 Å². The van der Waals surface area contributed by atoms with Gasteiger partial charge in [0, 0.05) is 17.8 Å². The average Bonchev–Trinajstić information content (AvgIpc) is 3.00. The summed E-state index contributed by atoms with van der Waals surface area (Å²) in [5.41, 5.74) is 2.78. The predicted molar refractivity (Wildman–Crippen MR) is 97.0 cm³/mol. The molecule has 4 rings (SSSR count). The largest absolute Gasteiger partial charge is 0.326 e. The van der Waals surface area contributed by atoms with Crippen LogP contribution in [0.4, 0.5) is 16.2 Å². The zero-order valence-corrected chi connectivity index (χ0v) is 14.2. The molecule has 1 aliphatic heterocycles. The first-order valence-corrected chi connectivity index (χ1v) is 8.84. The van der Waals surface area contributed by atoms with Gasteiger partial charge in [0.15, 0.2) is 6.20 Å². The number of urea groups is 1. The molecule has 0 aliphatic carbocycles. The summed E-state index contributed by atoms with van der Waals surface area (Å²) in [7, 11) is 0. The van der Waals surface area contributed by atoms with E-state index in [1.54, 1.807) is 11.3 Å². The van der Waals surface area contributed by atoms with Crippen molar-refractivity contribution in [3.05, 3.63) is 71.2 Å². The van der Waals surface area contributed by atoms with Crippen molar-refractivity contribution < 1.29 is 9.36 Å². The molecule has 120 valence electrons. The Bertz CT molecular complexity index is 875. The fraction of sp³-hybridized carbons (Fsp3) is 0.158. The molecule has 24 heavy (non-hydrogen) atoms. The van der Waals surface area contributed by atoms with Crippen LogP contribution in [0.25, 0.3) is 5.69 Å². The van der Waals surface area contributed by atoms with Gasteiger partial charge in [-0.05, 0) is 25.1 Å². The molecule has 0 saturated heterocycles. The molecule has 0 spiro atoms. The maximum Gasteiger partial charge on any atom is 0.326 e. The molecule has 1 aliphatic rings. The summed E-state index contributed by atoms with van der Waals surface area (Å²) in [5, 5.41) is 6.36. The highest BCUT2D eigenvalue weighted by Crippen LogP contribution is 2.29. The Morgan fingerprint density at radius 2 is 1.92 bits per heavy atom. The van der Waals surface area contributed by atoms with Crippen LogP contribution in [0, 0.1) is 0 Å². The highest BCUT2D eigenvalue weighted by molar-refractivity contribution is 7.09. The second kappa shape index (κ2) is 6.09. The number of nitrogens with zero attached hydrogens (tertiary/aromatic N) is 2. The zero-order valence-electron chi connectivity index (χ0n) is 13.3. The molecule has 0 fully saturated rings. The number of nitrogens with one attached hydrogen (secondary N) is 1. The van der Waals surface area contributed by atoms with Crippen molar-refractivity contribution in [2.75, 3.05) is 10.2 Å². The van der Waals surface area contributed by atoms with Crippen LogP contribution in [-0.4, -0.2) is 12.1 Å². The number of rotatable bonds is 1. The fourth-order valence-corrected chi connectivity index (χ4v) is 4.09. The van der Waals surface area contributed by atoms with E-state index in [2.05, 4.69) is 34.5 Å².